The van der Waals surface area contributed by atoms with Crippen molar-refractivity contribution in [3.63, 3.8) is 0 Å². The molecular weight excluding hydrogens is 226 g/mol. The number of hydrogen-bond acceptors (Lipinski definition) is 3. The molecule has 0 radical (unpaired) electrons. The van der Waals surface area contributed by atoms with Crippen molar-refractivity contribution in [2.24, 2.45) is 0 Å². The number of allylic oxidation sites excluding steroid dienone is 1. The quantitative estimate of drug-likeness (QED) is 0.879. The zero-order chi connectivity index (χ0) is 12.4. The summed E-state index contributed by atoms with van der Waals surface area (Å²) in [4.78, 5) is 4.31. The Morgan fingerprint density at radius 2 is 2.11 bits per heavy atom. The van der Waals surface area contributed by atoms with Gasteiger partial charge in [0.2, 0.25) is 0 Å². The summed E-state index contributed by atoms with van der Waals surface area (Å²) in [5, 5.41) is 12.4. The molecule has 0 fully saturated rings. The normalized spacial score (nSPS) is 17.1. The molecule has 1 aromatic carbocycles. The molecule has 3 nitrogen and oxygen atoms in total. The molecule has 1 aliphatic rings. The van der Waals surface area contributed by atoms with Crippen LogP contribution in [0.25, 0.3) is 10.8 Å². The molecule has 2 aromatic rings. The number of fused-ring (bicyclic) bond motifs is 1. The highest BCUT2D eigenvalue weighted by molar-refractivity contribution is 5.84. The molecule has 0 aliphatic carbocycles. The monoisotopic (exact) mass is 241 g/mol. The third-order valence-corrected chi connectivity index (χ3v) is 3.20. The van der Waals surface area contributed by atoms with Crippen molar-refractivity contribution in [2.45, 2.75) is 18.9 Å². The van der Waals surface area contributed by atoms with Crippen LogP contribution in [0.4, 0.5) is 0 Å². The minimum atomic E-state index is -0.767. The van der Waals surface area contributed by atoms with Gasteiger partial charge in [0.15, 0.2) is 6.10 Å². The van der Waals surface area contributed by atoms with Crippen LogP contribution in [0.2, 0.25) is 0 Å². The number of benzene rings is 1. The van der Waals surface area contributed by atoms with Crippen LogP contribution >= 0.6 is 0 Å². The van der Waals surface area contributed by atoms with E-state index in [1.54, 1.807) is 6.20 Å². The molecule has 92 valence electrons. The first-order valence-electron chi connectivity index (χ1n) is 6.21. The van der Waals surface area contributed by atoms with Crippen LogP contribution in [0, 0.1) is 0 Å². The fraction of sp³-hybridized carbons (Fsp3) is 0.267. The summed E-state index contributed by atoms with van der Waals surface area (Å²) in [5.41, 5.74) is 0.668. The van der Waals surface area contributed by atoms with Gasteiger partial charge in [0, 0.05) is 11.6 Å². The first-order valence-corrected chi connectivity index (χ1v) is 6.21. The number of hydrogen-bond donors (Lipinski definition) is 1. The topological polar surface area (TPSA) is 42.4 Å². The Hall–Kier alpha value is -1.87. The summed E-state index contributed by atoms with van der Waals surface area (Å²) >= 11 is 0. The molecule has 1 aromatic heterocycles. The zero-order valence-corrected chi connectivity index (χ0v) is 10.0. The molecule has 1 N–H and O–H groups in total. The van der Waals surface area contributed by atoms with E-state index in [2.05, 4.69) is 4.98 Å². The van der Waals surface area contributed by atoms with Crippen molar-refractivity contribution < 1.29 is 9.84 Å². The number of nitrogens with zero attached hydrogens (tertiary/aromatic N) is 1. The van der Waals surface area contributed by atoms with Crippen molar-refractivity contribution in [3.8, 4) is 0 Å². The highest BCUT2D eigenvalue weighted by Gasteiger charge is 2.20. The van der Waals surface area contributed by atoms with E-state index in [1.807, 2.05) is 36.4 Å². The second kappa shape index (κ2) is 4.78. The summed E-state index contributed by atoms with van der Waals surface area (Å²) in [6.45, 7) is 0.674. The third kappa shape index (κ3) is 1.97. The Labute approximate surface area is 106 Å². The van der Waals surface area contributed by atoms with E-state index in [-0.39, 0.29) is 0 Å². The Morgan fingerprint density at radius 1 is 1.22 bits per heavy atom. The molecule has 0 saturated carbocycles. The van der Waals surface area contributed by atoms with Crippen LogP contribution in [0.5, 0.6) is 0 Å². The molecule has 0 saturated heterocycles. The molecule has 18 heavy (non-hydrogen) atoms. The van der Waals surface area contributed by atoms with Gasteiger partial charge in [-0.25, -0.2) is 0 Å². The van der Waals surface area contributed by atoms with Crippen molar-refractivity contribution in [1.82, 2.24) is 4.98 Å². The second-order valence-corrected chi connectivity index (χ2v) is 4.42. The van der Waals surface area contributed by atoms with E-state index < -0.39 is 6.10 Å². The van der Waals surface area contributed by atoms with Gasteiger partial charge in [-0.05, 0) is 30.4 Å². The molecule has 3 heteroatoms. The zero-order valence-electron chi connectivity index (χ0n) is 10.0. The minimum Gasteiger partial charge on any atom is -0.495 e. The summed E-state index contributed by atoms with van der Waals surface area (Å²) in [6, 6.07) is 9.88. The first kappa shape index (κ1) is 11.2. The standard InChI is InChI=1S/C15H15NO2/c17-15(13-7-3-4-10-18-13)14-12-6-2-1-5-11(12)8-9-16-14/h1-2,5-9,15,17H,3-4,10H2. The van der Waals surface area contributed by atoms with Gasteiger partial charge in [-0.1, -0.05) is 24.3 Å². The molecule has 1 atom stereocenters. The van der Waals surface area contributed by atoms with E-state index in [0.29, 0.717) is 18.1 Å². The summed E-state index contributed by atoms with van der Waals surface area (Å²) < 4.78 is 5.51. The van der Waals surface area contributed by atoms with E-state index in [4.69, 9.17) is 4.74 Å². The second-order valence-electron chi connectivity index (χ2n) is 4.42. The van der Waals surface area contributed by atoms with Crippen molar-refractivity contribution in [3.05, 3.63) is 54.1 Å². The Morgan fingerprint density at radius 3 is 2.94 bits per heavy atom. The molecule has 1 aliphatic heterocycles. The highest BCUT2D eigenvalue weighted by atomic mass is 16.5. The van der Waals surface area contributed by atoms with Crippen LogP contribution in [-0.2, 0) is 4.74 Å². The number of ether oxygens (including phenoxy) is 1. The Bertz CT molecular complexity index is 587. The summed E-state index contributed by atoms with van der Waals surface area (Å²) in [5.74, 6) is 0.630. The number of aliphatic hydroxyl groups is 1. The van der Waals surface area contributed by atoms with Crippen LogP contribution in [-0.4, -0.2) is 16.7 Å². The average molecular weight is 241 g/mol. The maximum Gasteiger partial charge on any atom is 0.153 e. The SMILES string of the molecule is OC(C1=CCCCO1)c1nccc2ccccc12. The van der Waals surface area contributed by atoms with E-state index >= 15 is 0 Å². The maximum absolute atomic E-state index is 10.4. The predicted octanol–water partition coefficient (Wildman–Crippen LogP) is 2.96. The van der Waals surface area contributed by atoms with Crippen molar-refractivity contribution in [2.75, 3.05) is 6.61 Å². The lowest BCUT2D eigenvalue weighted by Gasteiger charge is -2.20. The Kier molecular flexibility index (Phi) is 2.99. The molecule has 3 rings (SSSR count). The fourth-order valence-corrected chi connectivity index (χ4v) is 2.26. The molecule has 0 bridgehead atoms. The lowest BCUT2D eigenvalue weighted by Crippen LogP contribution is -2.11. The summed E-state index contributed by atoms with van der Waals surface area (Å²) in [6.07, 6.45) is 4.88. The maximum atomic E-state index is 10.4. The number of aliphatic hydroxyl groups excluding tert-OH is 1. The van der Waals surface area contributed by atoms with Crippen molar-refractivity contribution in [1.29, 1.82) is 0 Å². The minimum absolute atomic E-state index is 0.630. The molecule has 0 amide bonds. The van der Waals surface area contributed by atoms with Gasteiger partial charge in [-0.15, -0.1) is 0 Å². The average Bonchev–Trinajstić information content (AvgIpc) is 2.47. The molecule has 0 spiro atoms. The van der Waals surface area contributed by atoms with Crippen LogP contribution in [0.1, 0.15) is 24.6 Å². The van der Waals surface area contributed by atoms with Gasteiger partial charge in [-0.2, -0.15) is 0 Å². The number of pyridine rings is 1. The van der Waals surface area contributed by atoms with E-state index in [1.165, 1.54) is 0 Å². The molecule has 2 heterocycles. The van der Waals surface area contributed by atoms with Gasteiger partial charge in [-0.3, -0.25) is 4.98 Å². The summed E-state index contributed by atoms with van der Waals surface area (Å²) in [7, 11) is 0. The van der Waals surface area contributed by atoms with E-state index in [0.717, 1.165) is 23.6 Å². The van der Waals surface area contributed by atoms with Crippen LogP contribution in [0.15, 0.2) is 48.4 Å². The van der Waals surface area contributed by atoms with Gasteiger partial charge < -0.3 is 9.84 Å². The first-order chi connectivity index (χ1) is 8.86. The van der Waals surface area contributed by atoms with Crippen LogP contribution < -0.4 is 0 Å². The highest BCUT2D eigenvalue weighted by Crippen LogP contribution is 2.29. The van der Waals surface area contributed by atoms with Gasteiger partial charge in [0.25, 0.3) is 0 Å². The van der Waals surface area contributed by atoms with Gasteiger partial charge in [0.05, 0.1) is 12.3 Å². The van der Waals surface area contributed by atoms with Gasteiger partial charge in [0.1, 0.15) is 5.76 Å². The molecule has 1 unspecified atom stereocenters. The van der Waals surface area contributed by atoms with Gasteiger partial charge >= 0.3 is 0 Å². The fourth-order valence-electron chi connectivity index (χ4n) is 2.26. The third-order valence-electron chi connectivity index (χ3n) is 3.20. The largest absolute Gasteiger partial charge is 0.495 e. The lowest BCUT2D eigenvalue weighted by atomic mass is 10.0. The van der Waals surface area contributed by atoms with E-state index in [9.17, 15) is 5.11 Å². The smallest absolute Gasteiger partial charge is 0.153 e. The number of rotatable bonds is 2. The van der Waals surface area contributed by atoms with Crippen LogP contribution in [0.3, 0.4) is 0 Å². The Balaban J connectivity index is 2.05. The lowest BCUT2D eigenvalue weighted by molar-refractivity contribution is 0.0903. The van der Waals surface area contributed by atoms with Crippen molar-refractivity contribution >= 4 is 10.8 Å². The predicted molar refractivity (Wildman–Crippen MR) is 70.0 cm³/mol. The number of aromatic nitrogens is 1. The molecular formula is C15H15NO2.